The Morgan fingerprint density at radius 3 is 2.44 bits per heavy atom. The summed E-state index contributed by atoms with van der Waals surface area (Å²) in [5, 5.41) is 1.10. The highest BCUT2D eigenvalue weighted by molar-refractivity contribution is 9.09. The summed E-state index contributed by atoms with van der Waals surface area (Å²) in [7, 11) is 0. The van der Waals surface area contributed by atoms with Crippen molar-refractivity contribution in [1.82, 2.24) is 9.80 Å². The van der Waals surface area contributed by atoms with E-state index in [2.05, 4.69) is 25.7 Å². The quantitative estimate of drug-likeness (QED) is 0.699. The van der Waals surface area contributed by atoms with Gasteiger partial charge in [0.15, 0.2) is 0 Å². The molecular weight excluding hydrogens is 292 g/mol. The van der Waals surface area contributed by atoms with Gasteiger partial charge >= 0.3 is 0 Å². The lowest BCUT2D eigenvalue weighted by Crippen LogP contribution is -2.32. The number of rotatable bonds is 6. The zero-order valence-electron chi connectivity index (χ0n) is 11.5. The zero-order chi connectivity index (χ0) is 12.6. The summed E-state index contributed by atoms with van der Waals surface area (Å²) in [5.74, 6) is 0. The molecule has 106 valence electrons. The van der Waals surface area contributed by atoms with Gasteiger partial charge in [-0.15, -0.1) is 0 Å². The van der Waals surface area contributed by atoms with E-state index in [-0.39, 0.29) is 0 Å². The molecule has 0 N–H and O–H groups in total. The molecule has 0 spiro atoms. The van der Waals surface area contributed by atoms with Gasteiger partial charge < -0.3 is 14.5 Å². The number of ether oxygens (including phenoxy) is 1. The van der Waals surface area contributed by atoms with Crippen LogP contribution in [0.25, 0.3) is 0 Å². The fourth-order valence-corrected chi connectivity index (χ4v) is 3.51. The summed E-state index contributed by atoms with van der Waals surface area (Å²) in [5.41, 5.74) is 0. The van der Waals surface area contributed by atoms with Crippen molar-refractivity contribution in [2.45, 2.75) is 38.2 Å². The van der Waals surface area contributed by atoms with Crippen LogP contribution < -0.4 is 0 Å². The maximum Gasteiger partial charge on any atom is 0.0576 e. The third-order valence-corrected chi connectivity index (χ3v) is 4.46. The lowest BCUT2D eigenvalue weighted by atomic mass is 10.1. The van der Waals surface area contributed by atoms with Gasteiger partial charge in [0.1, 0.15) is 0 Å². The fraction of sp³-hybridized carbons (Fsp3) is 1.00. The molecule has 2 rings (SSSR count). The molecule has 0 aromatic rings. The lowest BCUT2D eigenvalue weighted by molar-refractivity contribution is 0.0988. The molecule has 0 aromatic heterocycles. The second kappa shape index (κ2) is 8.51. The van der Waals surface area contributed by atoms with Crippen LogP contribution in [0.1, 0.15) is 32.1 Å². The number of nitrogens with zero attached hydrogens (tertiary/aromatic N) is 2. The summed E-state index contributed by atoms with van der Waals surface area (Å²) >= 11 is 3.54. The summed E-state index contributed by atoms with van der Waals surface area (Å²) in [6.07, 6.45) is 7.04. The van der Waals surface area contributed by atoms with Crippen LogP contribution in [0.5, 0.6) is 0 Å². The average Bonchev–Trinajstić information content (AvgIpc) is 2.78. The van der Waals surface area contributed by atoms with Crippen molar-refractivity contribution in [3.8, 4) is 0 Å². The molecule has 0 radical (unpaired) electrons. The van der Waals surface area contributed by atoms with Crippen LogP contribution in [0, 0.1) is 0 Å². The maximum absolute atomic E-state index is 5.68. The van der Waals surface area contributed by atoms with Gasteiger partial charge in [-0.1, -0.05) is 15.9 Å². The minimum absolute atomic E-state index is 0.571. The van der Waals surface area contributed by atoms with Crippen molar-refractivity contribution < 1.29 is 4.74 Å². The molecular formula is C14H27BrN2O. The molecule has 2 saturated heterocycles. The first-order valence-corrected chi connectivity index (χ1v) is 8.63. The van der Waals surface area contributed by atoms with Crippen molar-refractivity contribution in [3.63, 3.8) is 0 Å². The van der Waals surface area contributed by atoms with E-state index in [9.17, 15) is 0 Å². The van der Waals surface area contributed by atoms with Crippen molar-refractivity contribution in [3.05, 3.63) is 0 Å². The molecule has 4 heteroatoms. The third kappa shape index (κ3) is 5.16. The topological polar surface area (TPSA) is 15.7 Å². The Morgan fingerprint density at radius 1 is 1.00 bits per heavy atom. The molecule has 1 unspecified atom stereocenters. The molecule has 1 atom stereocenters. The van der Waals surface area contributed by atoms with Crippen LogP contribution in [0.4, 0.5) is 0 Å². The SMILES string of the molecule is BrCCN1CCCN(CCCC2CCCO2)CC1. The fourth-order valence-electron chi connectivity index (χ4n) is 3.01. The summed E-state index contributed by atoms with van der Waals surface area (Å²) < 4.78 is 5.68. The van der Waals surface area contributed by atoms with Gasteiger partial charge in [0.05, 0.1) is 6.10 Å². The van der Waals surface area contributed by atoms with Crippen LogP contribution in [0.3, 0.4) is 0 Å². The first-order chi connectivity index (χ1) is 8.88. The molecule has 2 fully saturated rings. The first kappa shape index (κ1) is 14.8. The highest BCUT2D eigenvalue weighted by Gasteiger charge is 2.17. The highest BCUT2D eigenvalue weighted by atomic mass is 79.9. The van der Waals surface area contributed by atoms with Gasteiger partial charge in [0.2, 0.25) is 0 Å². The van der Waals surface area contributed by atoms with E-state index < -0.39 is 0 Å². The molecule has 2 aliphatic heterocycles. The van der Waals surface area contributed by atoms with Gasteiger partial charge in [-0.3, -0.25) is 0 Å². The van der Waals surface area contributed by atoms with Crippen molar-refractivity contribution in [2.24, 2.45) is 0 Å². The molecule has 18 heavy (non-hydrogen) atoms. The lowest BCUT2D eigenvalue weighted by Gasteiger charge is -2.21. The molecule has 0 amide bonds. The zero-order valence-corrected chi connectivity index (χ0v) is 13.0. The predicted molar refractivity (Wildman–Crippen MR) is 79.5 cm³/mol. The summed E-state index contributed by atoms with van der Waals surface area (Å²) in [4.78, 5) is 5.22. The Bertz CT molecular complexity index is 222. The summed E-state index contributed by atoms with van der Waals surface area (Å²) in [6, 6.07) is 0. The monoisotopic (exact) mass is 318 g/mol. The van der Waals surface area contributed by atoms with E-state index >= 15 is 0 Å². The largest absolute Gasteiger partial charge is 0.378 e. The van der Waals surface area contributed by atoms with Crippen molar-refractivity contribution >= 4 is 15.9 Å². The first-order valence-electron chi connectivity index (χ1n) is 7.51. The molecule has 2 heterocycles. The number of alkyl halides is 1. The van der Waals surface area contributed by atoms with Gasteiger partial charge in [0, 0.05) is 31.6 Å². The average molecular weight is 319 g/mol. The van der Waals surface area contributed by atoms with Crippen LogP contribution in [0.2, 0.25) is 0 Å². The predicted octanol–water partition coefficient (Wildman–Crippen LogP) is 2.35. The standard InChI is InChI=1S/C14H27BrN2O/c15-6-10-17-9-3-8-16(11-12-17)7-1-4-14-5-2-13-18-14/h14H,1-13H2. The van der Waals surface area contributed by atoms with Crippen LogP contribution in [-0.2, 0) is 4.74 Å². The second-order valence-electron chi connectivity index (χ2n) is 5.50. The Hall–Kier alpha value is 0.360. The minimum atomic E-state index is 0.571. The number of hydrogen-bond donors (Lipinski definition) is 0. The molecule has 2 aliphatic rings. The minimum Gasteiger partial charge on any atom is -0.378 e. The molecule has 0 aromatic carbocycles. The van der Waals surface area contributed by atoms with Crippen LogP contribution in [0.15, 0.2) is 0 Å². The van der Waals surface area contributed by atoms with Gasteiger partial charge in [-0.25, -0.2) is 0 Å². The Kier molecular flexibility index (Phi) is 6.98. The van der Waals surface area contributed by atoms with Gasteiger partial charge in [0.25, 0.3) is 0 Å². The second-order valence-corrected chi connectivity index (χ2v) is 6.30. The van der Waals surface area contributed by atoms with Gasteiger partial charge in [-0.05, 0) is 51.7 Å². The van der Waals surface area contributed by atoms with E-state index in [1.807, 2.05) is 0 Å². The Morgan fingerprint density at radius 2 is 1.78 bits per heavy atom. The smallest absolute Gasteiger partial charge is 0.0576 e. The van der Waals surface area contributed by atoms with Crippen molar-refractivity contribution in [2.75, 3.05) is 51.2 Å². The van der Waals surface area contributed by atoms with E-state index in [1.165, 1.54) is 71.4 Å². The molecule has 0 bridgehead atoms. The van der Waals surface area contributed by atoms with E-state index in [1.54, 1.807) is 0 Å². The van der Waals surface area contributed by atoms with E-state index in [0.29, 0.717) is 6.10 Å². The normalized spacial score (nSPS) is 27.5. The third-order valence-electron chi connectivity index (χ3n) is 4.11. The Labute approximate surface area is 120 Å². The highest BCUT2D eigenvalue weighted by Crippen LogP contribution is 2.17. The van der Waals surface area contributed by atoms with Crippen LogP contribution >= 0.6 is 15.9 Å². The van der Waals surface area contributed by atoms with Crippen molar-refractivity contribution in [1.29, 1.82) is 0 Å². The molecule has 3 nitrogen and oxygen atoms in total. The molecule has 0 aliphatic carbocycles. The summed E-state index contributed by atoms with van der Waals surface area (Å²) in [6.45, 7) is 8.50. The van der Waals surface area contributed by atoms with Crippen LogP contribution in [-0.4, -0.2) is 67.1 Å². The maximum atomic E-state index is 5.68. The molecule has 0 saturated carbocycles. The van der Waals surface area contributed by atoms with E-state index in [0.717, 1.165) is 11.9 Å². The Balaban J connectivity index is 1.58. The van der Waals surface area contributed by atoms with E-state index in [4.69, 9.17) is 4.74 Å². The number of hydrogen-bond acceptors (Lipinski definition) is 3. The van der Waals surface area contributed by atoms with Gasteiger partial charge in [-0.2, -0.15) is 0 Å². The number of halogens is 1.